The molecule has 3 amide bonds. The molecule has 0 N–H and O–H groups in total. The summed E-state index contributed by atoms with van der Waals surface area (Å²) in [5, 5.41) is 2.15. The largest absolute Gasteiger partial charge is 0.449 e. The summed E-state index contributed by atoms with van der Waals surface area (Å²) in [7, 11) is 0. The summed E-state index contributed by atoms with van der Waals surface area (Å²) in [5.41, 5.74) is 0. The third kappa shape index (κ3) is 6.97. The van der Waals surface area contributed by atoms with Gasteiger partial charge in [-0.2, -0.15) is 10.0 Å². The van der Waals surface area contributed by atoms with Crippen LogP contribution < -0.4 is 0 Å². The molecule has 1 aliphatic heterocycles. The number of hydrogen-bond donors (Lipinski definition) is 0. The molecule has 1 aliphatic rings. The van der Waals surface area contributed by atoms with Crippen molar-refractivity contribution in [2.24, 2.45) is 0 Å². The highest BCUT2D eigenvalue weighted by Gasteiger charge is 2.40. The van der Waals surface area contributed by atoms with Gasteiger partial charge >= 0.3 is 18.3 Å². The fourth-order valence-electron chi connectivity index (χ4n) is 2.10. The predicted octanol–water partition coefficient (Wildman–Crippen LogP) is 3.55. The van der Waals surface area contributed by atoms with Gasteiger partial charge in [0.15, 0.2) is 0 Å². The van der Waals surface area contributed by atoms with Crippen LogP contribution in [-0.2, 0) is 14.2 Å². The lowest BCUT2D eigenvalue weighted by Gasteiger charge is -2.24. The Morgan fingerprint density at radius 1 is 0.654 bits per heavy atom. The molecule has 0 radical (unpaired) electrons. The van der Waals surface area contributed by atoms with Crippen molar-refractivity contribution in [1.29, 1.82) is 0 Å². The number of nitrogens with zero attached hydrogens (tertiary/aromatic N) is 3. The third-order valence-electron chi connectivity index (χ3n) is 3.75. The van der Waals surface area contributed by atoms with Gasteiger partial charge in [0.1, 0.15) is 13.3 Å². The molecule has 0 aromatic heterocycles. The molecule has 1 saturated heterocycles. The smallest absolute Gasteiger partial charge is 0.430 e. The Labute approximate surface area is 155 Å². The van der Waals surface area contributed by atoms with E-state index < -0.39 is 18.3 Å². The molecule has 1 heterocycles. The van der Waals surface area contributed by atoms with Gasteiger partial charge in [-0.3, -0.25) is 4.90 Å². The molecule has 0 aromatic carbocycles. The molecule has 0 atom stereocenters. The van der Waals surface area contributed by atoms with Gasteiger partial charge in [-0.15, -0.1) is 0 Å². The molecule has 9 nitrogen and oxygen atoms in total. The average molecular weight is 373 g/mol. The van der Waals surface area contributed by atoms with Gasteiger partial charge in [-0.25, -0.2) is 14.4 Å². The van der Waals surface area contributed by atoms with Crippen molar-refractivity contribution in [1.82, 2.24) is 14.9 Å². The van der Waals surface area contributed by atoms with E-state index in [9.17, 15) is 14.4 Å². The van der Waals surface area contributed by atoms with Gasteiger partial charge in [0.05, 0.1) is 19.8 Å². The standard InChI is InChI=1S/C17H31N3O6/c1-4-7-10-24-15(21)18-13-19(16(22)25-11-8-5-2)20(14-18)17(23)26-12-9-6-3/h4-14H2,1-3H3. The molecule has 0 aliphatic carbocycles. The minimum absolute atomic E-state index is 0.112. The molecule has 0 unspecified atom stereocenters. The Balaban J connectivity index is 2.69. The van der Waals surface area contributed by atoms with Crippen LogP contribution in [-0.4, -0.2) is 66.4 Å². The topological polar surface area (TPSA) is 88.6 Å². The number of amides is 3. The molecular weight excluding hydrogens is 342 g/mol. The summed E-state index contributed by atoms with van der Waals surface area (Å²) in [5.74, 6) is 0. The van der Waals surface area contributed by atoms with Crippen LogP contribution in [0.3, 0.4) is 0 Å². The lowest BCUT2D eigenvalue weighted by Crippen LogP contribution is -2.45. The molecule has 0 aromatic rings. The van der Waals surface area contributed by atoms with Crippen LogP contribution in [0.4, 0.5) is 14.4 Å². The van der Waals surface area contributed by atoms with E-state index in [0.29, 0.717) is 6.61 Å². The highest BCUT2D eigenvalue weighted by atomic mass is 16.6. The summed E-state index contributed by atoms with van der Waals surface area (Å²) >= 11 is 0. The number of hydrazine groups is 1. The molecule has 1 rings (SSSR count). The molecule has 150 valence electrons. The van der Waals surface area contributed by atoms with Crippen molar-refractivity contribution >= 4 is 18.3 Å². The molecular formula is C17H31N3O6. The van der Waals surface area contributed by atoms with E-state index in [2.05, 4.69) is 0 Å². The van der Waals surface area contributed by atoms with Crippen molar-refractivity contribution in [2.75, 3.05) is 33.2 Å². The Hall–Kier alpha value is -2.19. The normalized spacial score (nSPS) is 13.7. The highest BCUT2D eigenvalue weighted by molar-refractivity contribution is 5.77. The maximum absolute atomic E-state index is 12.3. The summed E-state index contributed by atoms with van der Waals surface area (Å²) in [6.45, 7) is 6.54. The van der Waals surface area contributed by atoms with Crippen LogP contribution in [0.15, 0.2) is 0 Å². The van der Waals surface area contributed by atoms with E-state index in [1.807, 2.05) is 20.8 Å². The second-order valence-electron chi connectivity index (χ2n) is 6.03. The van der Waals surface area contributed by atoms with E-state index in [4.69, 9.17) is 14.2 Å². The van der Waals surface area contributed by atoms with Crippen LogP contribution in [0, 0.1) is 0 Å². The fourth-order valence-corrected chi connectivity index (χ4v) is 2.10. The van der Waals surface area contributed by atoms with Crippen LogP contribution in [0.1, 0.15) is 59.3 Å². The first-order valence-corrected chi connectivity index (χ1v) is 9.35. The maximum Gasteiger partial charge on any atom is 0.430 e. The van der Waals surface area contributed by atoms with Gasteiger partial charge in [-0.05, 0) is 19.3 Å². The van der Waals surface area contributed by atoms with Gasteiger partial charge in [0.2, 0.25) is 0 Å². The number of carbonyl (C=O) groups excluding carboxylic acids is 3. The Bertz CT molecular complexity index is 430. The SMILES string of the molecule is CCCCOC(=O)N1CN(C(=O)OCCCC)N(C(=O)OCCCC)C1. The molecule has 26 heavy (non-hydrogen) atoms. The second kappa shape index (κ2) is 12.2. The zero-order valence-electron chi connectivity index (χ0n) is 16.1. The number of hydrogen-bond acceptors (Lipinski definition) is 6. The summed E-state index contributed by atoms with van der Waals surface area (Å²) in [6, 6.07) is 0. The number of carbonyl (C=O) groups is 3. The molecule has 0 bridgehead atoms. The third-order valence-corrected chi connectivity index (χ3v) is 3.75. The van der Waals surface area contributed by atoms with Crippen LogP contribution in [0.2, 0.25) is 0 Å². The average Bonchev–Trinajstić information content (AvgIpc) is 3.08. The zero-order chi connectivity index (χ0) is 19.4. The van der Waals surface area contributed by atoms with Crippen molar-refractivity contribution < 1.29 is 28.6 Å². The highest BCUT2D eigenvalue weighted by Crippen LogP contribution is 2.16. The monoisotopic (exact) mass is 373 g/mol. The van der Waals surface area contributed by atoms with Gasteiger partial charge in [0, 0.05) is 0 Å². The van der Waals surface area contributed by atoms with Crippen LogP contribution >= 0.6 is 0 Å². The summed E-state index contributed by atoms with van der Waals surface area (Å²) in [6.07, 6.45) is 2.92. The molecule has 1 fully saturated rings. The van der Waals surface area contributed by atoms with Gasteiger partial charge < -0.3 is 14.2 Å². The number of rotatable bonds is 9. The van der Waals surface area contributed by atoms with Crippen molar-refractivity contribution in [3.63, 3.8) is 0 Å². The lowest BCUT2D eigenvalue weighted by atomic mass is 10.4. The van der Waals surface area contributed by atoms with Gasteiger partial charge in [0.25, 0.3) is 0 Å². The van der Waals surface area contributed by atoms with E-state index in [0.717, 1.165) is 48.5 Å². The molecule has 0 spiro atoms. The minimum Gasteiger partial charge on any atom is -0.449 e. The first-order chi connectivity index (χ1) is 12.5. The minimum atomic E-state index is -0.685. The quantitative estimate of drug-likeness (QED) is 0.454. The first-order valence-electron chi connectivity index (χ1n) is 9.35. The van der Waals surface area contributed by atoms with E-state index in [1.54, 1.807) is 0 Å². The number of unbranched alkanes of at least 4 members (excludes halogenated alkanes) is 3. The summed E-state index contributed by atoms with van der Waals surface area (Å²) < 4.78 is 15.5. The summed E-state index contributed by atoms with van der Waals surface area (Å²) in [4.78, 5) is 37.9. The van der Waals surface area contributed by atoms with Crippen molar-refractivity contribution in [2.45, 2.75) is 59.3 Å². The first kappa shape index (κ1) is 21.9. The number of ether oxygens (including phenoxy) is 3. The van der Waals surface area contributed by atoms with Crippen molar-refractivity contribution in [3.05, 3.63) is 0 Å². The Morgan fingerprint density at radius 2 is 1.00 bits per heavy atom. The Morgan fingerprint density at radius 3 is 1.35 bits per heavy atom. The lowest BCUT2D eigenvalue weighted by molar-refractivity contribution is 0.00579. The fraction of sp³-hybridized carbons (Fsp3) is 0.824. The molecule has 9 heteroatoms. The van der Waals surface area contributed by atoms with Crippen LogP contribution in [0.25, 0.3) is 0 Å². The predicted molar refractivity (Wildman–Crippen MR) is 94.0 cm³/mol. The van der Waals surface area contributed by atoms with E-state index in [1.165, 1.54) is 4.90 Å². The Kier molecular flexibility index (Phi) is 10.3. The van der Waals surface area contributed by atoms with Crippen LogP contribution in [0.5, 0.6) is 0 Å². The molecule has 0 saturated carbocycles. The zero-order valence-corrected chi connectivity index (χ0v) is 16.1. The second-order valence-corrected chi connectivity index (χ2v) is 6.03. The van der Waals surface area contributed by atoms with Crippen molar-refractivity contribution in [3.8, 4) is 0 Å². The van der Waals surface area contributed by atoms with E-state index >= 15 is 0 Å². The van der Waals surface area contributed by atoms with Gasteiger partial charge in [-0.1, -0.05) is 40.0 Å². The van der Waals surface area contributed by atoms with E-state index in [-0.39, 0.29) is 26.6 Å². The maximum atomic E-state index is 12.3.